The molecule has 0 saturated heterocycles. The molecule has 94 valence electrons. The van der Waals surface area contributed by atoms with E-state index in [1.165, 1.54) is 12.3 Å². The summed E-state index contributed by atoms with van der Waals surface area (Å²) in [4.78, 5) is 25.1. The first-order valence-electron chi connectivity index (χ1n) is 5.91. The molecule has 5 nitrogen and oxygen atoms in total. The van der Waals surface area contributed by atoms with Crippen molar-refractivity contribution >= 4 is 5.91 Å². The summed E-state index contributed by atoms with van der Waals surface area (Å²) in [6.45, 7) is 1.36. The fourth-order valence-electron chi connectivity index (χ4n) is 1.51. The summed E-state index contributed by atoms with van der Waals surface area (Å²) in [6, 6.07) is 2.88. The summed E-state index contributed by atoms with van der Waals surface area (Å²) < 4.78 is 0. The van der Waals surface area contributed by atoms with Crippen LogP contribution in [0.4, 0.5) is 0 Å². The number of aromatic nitrogens is 1. The van der Waals surface area contributed by atoms with Crippen LogP contribution in [0.25, 0.3) is 0 Å². The van der Waals surface area contributed by atoms with Crippen molar-refractivity contribution < 1.29 is 4.79 Å². The Hall–Kier alpha value is -1.62. The molecular weight excluding hydrogens is 218 g/mol. The third-order valence-corrected chi connectivity index (χ3v) is 2.45. The maximum absolute atomic E-state index is 11.6. The quantitative estimate of drug-likeness (QED) is 0.607. The number of aromatic amines is 1. The van der Waals surface area contributed by atoms with Crippen LogP contribution < -0.4 is 16.6 Å². The van der Waals surface area contributed by atoms with E-state index < -0.39 is 0 Å². The fraction of sp³-hybridized carbons (Fsp3) is 0.500. The Morgan fingerprint density at radius 2 is 2.06 bits per heavy atom. The number of pyridine rings is 1. The number of amides is 1. The average molecular weight is 237 g/mol. The zero-order chi connectivity index (χ0) is 12.5. The van der Waals surface area contributed by atoms with Crippen LogP contribution in [0.1, 0.15) is 36.0 Å². The summed E-state index contributed by atoms with van der Waals surface area (Å²) in [5.41, 5.74) is 5.51. The van der Waals surface area contributed by atoms with E-state index in [1.807, 2.05) is 0 Å². The number of rotatable bonds is 7. The van der Waals surface area contributed by atoms with Crippen molar-refractivity contribution in [2.24, 2.45) is 5.73 Å². The standard InChI is InChI=1S/C12H19N3O2/c13-6-3-1-2-4-7-15-12(17)10-5-8-14-11(16)9-10/h5,8-9H,1-4,6-7,13H2,(H,14,16)(H,15,17). The Morgan fingerprint density at radius 1 is 1.29 bits per heavy atom. The zero-order valence-electron chi connectivity index (χ0n) is 9.87. The van der Waals surface area contributed by atoms with Gasteiger partial charge in [0.15, 0.2) is 0 Å². The van der Waals surface area contributed by atoms with Crippen LogP contribution in [0, 0.1) is 0 Å². The molecule has 0 fully saturated rings. The van der Waals surface area contributed by atoms with E-state index in [-0.39, 0.29) is 11.5 Å². The molecule has 0 aliphatic rings. The van der Waals surface area contributed by atoms with Gasteiger partial charge in [-0.05, 0) is 25.5 Å². The number of H-pyrrole nitrogens is 1. The van der Waals surface area contributed by atoms with E-state index in [0.717, 1.165) is 32.2 Å². The average Bonchev–Trinajstić information content (AvgIpc) is 2.33. The van der Waals surface area contributed by atoms with Gasteiger partial charge in [0.2, 0.25) is 5.56 Å². The van der Waals surface area contributed by atoms with E-state index in [4.69, 9.17) is 5.73 Å². The van der Waals surface area contributed by atoms with E-state index >= 15 is 0 Å². The molecule has 4 N–H and O–H groups in total. The Bertz CT molecular complexity index is 401. The SMILES string of the molecule is NCCCCCCNC(=O)c1cc[nH]c(=O)c1. The third kappa shape index (κ3) is 5.31. The molecule has 17 heavy (non-hydrogen) atoms. The molecule has 1 aromatic heterocycles. The largest absolute Gasteiger partial charge is 0.352 e. The van der Waals surface area contributed by atoms with Crippen LogP contribution in [0.15, 0.2) is 23.1 Å². The maximum Gasteiger partial charge on any atom is 0.251 e. The topological polar surface area (TPSA) is 88.0 Å². The molecule has 5 heteroatoms. The second-order valence-electron chi connectivity index (χ2n) is 3.90. The minimum absolute atomic E-state index is 0.199. The van der Waals surface area contributed by atoms with Gasteiger partial charge in [0.25, 0.3) is 5.91 Å². The minimum atomic E-state index is -0.263. The molecule has 0 unspecified atom stereocenters. The molecular formula is C12H19N3O2. The summed E-state index contributed by atoms with van der Waals surface area (Å²) in [6.07, 6.45) is 5.60. The van der Waals surface area contributed by atoms with Gasteiger partial charge in [0, 0.05) is 24.4 Å². The van der Waals surface area contributed by atoms with Crippen LogP contribution in [-0.2, 0) is 0 Å². The van der Waals surface area contributed by atoms with Crippen molar-refractivity contribution in [2.75, 3.05) is 13.1 Å². The van der Waals surface area contributed by atoms with Crippen molar-refractivity contribution in [3.63, 3.8) is 0 Å². The molecule has 0 spiro atoms. The normalized spacial score (nSPS) is 10.2. The Kier molecular flexibility index (Phi) is 6.03. The molecule has 0 atom stereocenters. The van der Waals surface area contributed by atoms with Gasteiger partial charge < -0.3 is 16.0 Å². The Balaban J connectivity index is 2.24. The van der Waals surface area contributed by atoms with Gasteiger partial charge in [-0.25, -0.2) is 0 Å². The number of nitrogens with two attached hydrogens (primary N) is 1. The van der Waals surface area contributed by atoms with Gasteiger partial charge in [0.05, 0.1) is 0 Å². The molecule has 1 amide bonds. The Labute approximate surface area is 100 Å². The second kappa shape index (κ2) is 7.62. The van der Waals surface area contributed by atoms with Gasteiger partial charge >= 0.3 is 0 Å². The molecule has 0 aliphatic carbocycles. The minimum Gasteiger partial charge on any atom is -0.352 e. The first-order chi connectivity index (χ1) is 8.24. The summed E-state index contributed by atoms with van der Waals surface area (Å²) >= 11 is 0. The van der Waals surface area contributed by atoms with E-state index in [2.05, 4.69) is 10.3 Å². The lowest BCUT2D eigenvalue weighted by atomic mass is 10.2. The van der Waals surface area contributed by atoms with Crippen LogP contribution >= 0.6 is 0 Å². The molecule has 0 radical (unpaired) electrons. The third-order valence-electron chi connectivity index (χ3n) is 2.45. The number of unbranched alkanes of at least 4 members (excludes halogenated alkanes) is 3. The lowest BCUT2D eigenvalue weighted by Crippen LogP contribution is -2.25. The van der Waals surface area contributed by atoms with E-state index in [1.54, 1.807) is 6.07 Å². The highest BCUT2D eigenvalue weighted by Crippen LogP contribution is 1.98. The first kappa shape index (κ1) is 13.4. The van der Waals surface area contributed by atoms with Gasteiger partial charge in [-0.1, -0.05) is 12.8 Å². The first-order valence-corrected chi connectivity index (χ1v) is 5.91. The molecule has 1 rings (SSSR count). The monoisotopic (exact) mass is 237 g/mol. The Morgan fingerprint density at radius 3 is 2.76 bits per heavy atom. The number of hydrogen-bond acceptors (Lipinski definition) is 3. The summed E-state index contributed by atoms with van der Waals surface area (Å²) in [7, 11) is 0. The highest BCUT2D eigenvalue weighted by molar-refractivity contribution is 5.93. The summed E-state index contributed by atoms with van der Waals surface area (Å²) in [5, 5.41) is 2.78. The molecule has 0 saturated carbocycles. The highest BCUT2D eigenvalue weighted by Gasteiger charge is 2.04. The lowest BCUT2D eigenvalue weighted by molar-refractivity contribution is 0.0952. The van der Waals surface area contributed by atoms with Crippen LogP contribution in [0.3, 0.4) is 0 Å². The highest BCUT2D eigenvalue weighted by atomic mass is 16.2. The maximum atomic E-state index is 11.6. The van der Waals surface area contributed by atoms with Gasteiger partial charge in [-0.2, -0.15) is 0 Å². The molecule has 0 aliphatic heterocycles. The predicted molar refractivity (Wildman–Crippen MR) is 66.9 cm³/mol. The van der Waals surface area contributed by atoms with Crippen molar-refractivity contribution in [3.05, 3.63) is 34.2 Å². The van der Waals surface area contributed by atoms with Gasteiger partial charge in [0.1, 0.15) is 0 Å². The second-order valence-corrected chi connectivity index (χ2v) is 3.90. The molecule has 0 bridgehead atoms. The van der Waals surface area contributed by atoms with Crippen molar-refractivity contribution in [1.29, 1.82) is 0 Å². The number of hydrogen-bond donors (Lipinski definition) is 3. The number of carbonyl (C=O) groups is 1. The van der Waals surface area contributed by atoms with Crippen molar-refractivity contribution in [2.45, 2.75) is 25.7 Å². The summed E-state index contributed by atoms with van der Waals surface area (Å²) in [5.74, 6) is -0.199. The van der Waals surface area contributed by atoms with E-state index in [9.17, 15) is 9.59 Å². The van der Waals surface area contributed by atoms with E-state index in [0.29, 0.717) is 12.1 Å². The lowest BCUT2D eigenvalue weighted by Gasteiger charge is -2.04. The van der Waals surface area contributed by atoms with Crippen LogP contribution in [-0.4, -0.2) is 24.0 Å². The predicted octanol–water partition coefficient (Wildman–Crippen LogP) is 0.624. The molecule has 1 heterocycles. The molecule has 0 aromatic carbocycles. The smallest absolute Gasteiger partial charge is 0.251 e. The van der Waals surface area contributed by atoms with Crippen LogP contribution in [0.2, 0.25) is 0 Å². The van der Waals surface area contributed by atoms with Crippen molar-refractivity contribution in [1.82, 2.24) is 10.3 Å². The van der Waals surface area contributed by atoms with Crippen LogP contribution in [0.5, 0.6) is 0 Å². The van der Waals surface area contributed by atoms with Gasteiger partial charge in [-0.15, -0.1) is 0 Å². The zero-order valence-corrected chi connectivity index (χ0v) is 9.87. The molecule has 1 aromatic rings. The van der Waals surface area contributed by atoms with Gasteiger partial charge in [-0.3, -0.25) is 9.59 Å². The fourth-order valence-corrected chi connectivity index (χ4v) is 1.51. The van der Waals surface area contributed by atoms with Crippen molar-refractivity contribution in [3.8, 4) is 0 Å². The number of carbonyl (C=O) groups excluding carboxylic acids is 1. The number of nitrogens with one attached hydrogen (secondary N) is 2.